The monoisotopic (exact) mass is 363 g/mol. The van der Waals surface area contributed by atoms with E-state index in [0.29, 0.717) is 12.8 Å². The van der Waals surface area contributed by atoms with Crippen LogP contribution in [0.5, 0.6) is 11.5 Å². The first-order valence-electron chi connectivity index (χ1n) is 8.81. The van der Waals surface area contributed by atoms with Crippen molar-refractivity contribution in [3.8, 4) is 11.5 Å². The zero-order chi connectivity index (χ0) is 19.2. The number of carbonyl (C=O) groups excluding carboxylic acids is 2. The molecular weight excluding hydrogens is 342 g/mol. The Morgan fingerprint density at radius 3 is 2.63 bits per heavy atom. The topological polar surface area (TPSA) is 77.8 Å². The lowest BCUT2D eigenvalue weighted by atomic mass is 10.0. The van der Waals surface area contributed by atoms with Gasteiger partial charge in [0.1, 0.15) is 0 Å². The molecule has 0 saturated carbocycles. The molecule has 2 N–H and O–H groups in total. The lowest BCUT2D eigenvalue weighted by molar-refractivity contribution is -0.144. The molecule has 0 aromatic heterocycles. The van der Waals surface area contributed by atoms with Crippen molar-refractivity contribution in [3.05, 3.63) is 77.9 Å². The standard InChI is InChI=1S/C22H21NO4/c24-19-13-10-17(15-20(19)25)11-14-22(27)23-18(7-4-8-21(23)26)12-9-16-5-2-1-3-6-16/h1-6,8-10,12-13,15,18,24-25H,7,11,14H2/b12-9+. The number of rotatable bonds is 5. The van der Waals surface area contributed by atoms with Gasteiger partial charge in [0.25, 0.3) is 5.91 Å². The zero-order valence-corrected chi connectivity index (χ0v) is 14.8. The van der Waals surface area contributed by atoms with Gasteiger partial charge in [-0.25, -0.2) is 0 Å². The molecule has 138 valence electrons. The Hall–Kier alpha value is -3.34. The number of hydrogen-bond donors (Lipinski definition) is 2. The number of aryl methyl sites for hydroxylation is 1. The van der Waals surface area contributed by atoms with E-state index in [1.807, 2.05) is 42.5 Å². The van der Waals surface area contributed by atoms with Crippen molar-refractivity contribution >= 4 is 17.9 Å². The minimum atomic E-state index is -0.317. The van der Waals surface area contributed by atoms with Crippen LogP contribution in [0.25, 0.3) is 6.08 Å². The minimum Gasteiger partial charge on any atom is -0.504 e. The summed E-state index contributed by atoms with van der Waals surface area (Å²) in [5.41, 5.74) is 1.72. The zero-order valence-electron chi connectivity index (χ0n) is 14.8. The smallest absolute Gasteiger partial charge is 0.253 e. The number of benzene rings is 2. The molecule has 27 heavy (non-hydrogen) atoms. The Balaban J connectivity index is 1.69. The molecule has 1 unspecified atom stereocenters. The van der Waals surface area contributed by atoms with Crippen LogP contribution in [0.15, 0.2) is 66.8 Å². The summed E-state index contributed by atoms with van der Waals surface area (Å²) < 4.78 is 0. The molecule has 2 aromatic rings. The second-order valence-corrected chi connectivity index (χ2v) is 6.40. The molecule has 2 aromatic carbocycles. The largest absolute Gasteiger partial charge is 0.504 e. The number of phenolic OH excluding ortho intramolecular Hbond substituents is 2. The molecular formula is C22H21NO4. The molecule has 0 saturated heterocycles. The Morgan fingerprint density at radius 1 is 1.11 bits per heavy atom. The van der Waals surface area contributed by atoms with Crippen molar-refractivity contribution in [2.45, 2.75) is 25.3 Å². The van der Waals surface area contributed by atoms with Crippen molar-refractivity contribution in [2.75, 3.05) is 0 Å². The first-order chi connectivity index (χ1) is 13.0. The first-order valence-corrected chi connectivity index (χ1v) is 8.81. The quantitative estimate of drug-likeness (QED) is 0.798. The van der Waals surface area contributed by atoms with Crippen LogP contribution in [0.4, 0.5) is 0 Å². The Kier molecular flexibility index (Phi) is 5.71. The van der Waals surface area contributed by atoms with Gasteiger partial charge in [-0.05, 0) is 42.2 Å². The molecule has 5 nitrogen and oxygen atoms in total. The molecule has 1 aliphatic heterocycles. The van der Waals surface area contributed by atoms with Gasteiger partial charge >= 0.3 is 0 Å². The van der Waals surface area contributed by atoms with Crippen molar-refractivity contribution in [2.24, 2.45) is 0 Å². The molecule has 1 atom stereocenters. The molecule has 0 spiro atoms. The summed E-state index contributed by atoms with van der Waals surface area (Å²) in [4.78, 5) is 26.3. The lowest BCUT2D eigenvalue weighted by Crippen LogP contribution is -2.44. The molecule has 5 heteroatoms. The molecule has 3 rings (SSSR count). The Morgan fingerprint density at radius 2 is 1.89 bits per heavy atom. The number of carbonyl (C=O) groups is 2. The summed E-state index contributed by atoms with van der Waals surface area (Å²) in [5, 5.41) is 18.9. The lowest BCUT2D eigenvalue weighted by Gasteiger charge is -2.29. The van der Waals surface area contributed by atoms with Gasteiger partial charge in [-0.1, -0.05) is 54.6 Å². The molecule has 0 fully saturated rings. The maximum Gasteiger partial charge on any atom is 0.253 e. The number of imide groups is 1. The number of aromatic hydroxyl groups is 2. The van der Waals surface area contributed by atoms with Gasteiger partial charge in [0, 0.05) is 6.42 Å². The fourth-order valence-corrected chi connectivity index (χ4v) is 3.01. The van der Waals surface area contributed by atoms with Crippen LogP contribution in [0.3, 0.4) is 0 Å². The maximum atomic E-state index is 12.7. The highest BCUT2D eigenvalue weighted by Crippen LogP contribution is 2.26. The van der Waals surface area contributed by atoms with Crippen LogP contribution < -0.4 is 0 Å². The first kappa shape index (κ1) is 18.5. The van der Waals surface area contributed by atoms with Crippen LogP contribution in [0.2, 0.25) is 0 Å². The van der Waals surface area contributed by atoms with Crippen molar-refractivity contribution in [3.63, 3.8) is 0 Å². The van der Waals surface area contributed by atoms with E-state index < -0.39 is 0 Å². The van der Waals surface area contributed by atoms with Gasteiger partial charge in [-0.2, -0.15) is 0 Å². The van der Waals surface area contributed by atoms with E-state index in [9.17, 15) is 19.8 Å². The Bertz CT molecular complexity index is 886. The van der Waals surface area contributed by atoms with E-state index in [2.05, 4.69) is 0 Å². The van der Waals surface area contributed by atoms with Gasteiger partial charge in [0.05, 0.1) is 6.04 Å². The summed E-state index contributed by atoms with van der Waals surface area (Å²) >= 11 is 0. The second kappa shape index (κ2) is 8.36. The number of hydrogen-bond acceptors (Lipinski definition) is 4. The van der Waals surface area contributed by atoms with E-state index in [0.717, 1.165) is 11.1 Å². The van der Waals surface area contributed by atoms with Crippen LogP contribution >= 0.6 is 0 Å². The van der Waals surface area contributed by atoms with E-state index in [-0.39, 0.29) is 35.8 Å². The summed E-state index contributed by atoms with van der Waals surface area (Å²) in [7, 11) is 0. The third kappa shape index (κ3) is 4.64. The van der Waals surface area contributed by atoms with E-state index >= 15 is 0 Å². The predicted molar refractivity (Wildman–Crippen MR) is 103 cm³/mol. The summed E-state index contributed by atoms with van der Waals surface area (Å²) in [5.74, 6) is -1.00. The van der Waals surface area contributed by atoms with Crippen LogP contribution in [-0.4, -0.2) is 33.0 Å². The van der Waals surface area contributed by atoms with Crippen molar-refractivity contribution in [1.82, 2.24) is 4.90 Å². The minimum absolute atomic E-state index is 0.138. The third-order valence-corrected chi connectivity index (χ3v) is 4.45. The average Bonchev–Trinajstić information content (AvgIpc) is 2.68. The molecule has 0 radical (unpaired) electrons. The van der Waals surface area contributed by atoms with E-state index in [1.54, 1.807) is 12.1 Å². The van der Waals surface area contributed by atoms with Crippen LogP contribution in [0.1, 0.15) is 24.0 Å². The van der Waals surface area contributed by atoms with Crippen molar-refractivity contribution in [1.29, 1.82) is 0 Å². The highest BCUT2D eigenvalue weighted by atomic mass is 16.3. The molecule has 1 heterocycles. The summed E-state index contributed by atoms with van der Waals surface area (Å²) in [6.45, 7) is 0. The molecule has 0 aliphatic carbocycles. The normalized spacial score (nSPS) is 16.8. The predicted octanol–water partition coefficient (Wildman–Crippen LogP) is 3.43. The molecule has 2 amide bonds. The highest BCUT2D eigenvalue weighted by molar-refractivity contribution is 6.02. The van der Waals surface area contributed by atoms with Gasteiger partial charge in [0.15, 0.2) is 11.5 Å². The van der Waals surface area contributed by atoms with E-state index in [4.69, 9.17) is 0 Å². The van der Waals surface area contributed by atoms with Gasteiger partial charge in [-0.15, -0.1) is 0 Å². The average molecular weight is 363 g/mol. The van der Waals surface area contributed by atoms with Crippen molar-refractivity contribution < 1.29 is 19.8 Å². The number of amides is 2. The van der Waals surface area contributed by atoms with Gasteiger partial charge in [0.2, 0.25) is 5.91 Å². The van der Waals surface area contributed by atoms with Crippen LogP contribution in [0, 0.1) is 0 Å². The highest BCUT2D eigenvalue weighted by Gasteiger charge is 2.28. The van der Waals surface area contributed by atoms with Gasteiger partial charge < -0.3 is 10.2 Å². The third-order valence-electron chi connectivity index (χ3n) is 4.45. The Labute approximate surface area is 157 Å². The molecule has 1 aliphatic rings. The SMILES string of the molecule is O=C1C=CCC(/C=C/c2ccccc2)N1C(=O)CCc1ccc(O)c(O)c1. The maximum absolute atomic E-state index is 12.7. The summed E-state index contributed by atoms with van der Waals surface area (Å²) in [6, 6.07) is 13.9. The summed E-state index contributed by atoms with van der Waals surface area (Å²) in [6.07, 6.45) is 8.09. The fraction of sp³-hybridized carbons (Fsp3) is 0.182. The fourth-order valence-electron chi connectivity index (χ4n) is 3.01. The number of nitrogens with zero attached hydrogens (tertiary/aromatic N) is 1. The second-order valence-electron chi connectivity index (χ2n) is 6.40. The van der Waals surface area contributed by atoms with Gasteiger partial charge in [-0.3, -0.25) is 14.5 Å². The number of phenols is 2. The molecule has 0 bridgehead atoms. The van der Waals surface area contributed by atoms with E-state index in [1.165, 1.54) is 23.1 Å². The van der Waals surface area contributed by atoms with Crippen LogP contribution in [-0.2, 0) is 16.0 Å².